The molecule has 1 fully saturated rings. The van der Waals surface area contributed by atoms with Crippen molar-refractivity contribution >= 4 is 17.4 Å². The summed E-state index contributed by atoms with van der Waals surface area (Å²) in [5, 5.41) is 20.0. The minimum Gasteiger partial charge on any atom is -0.387 e. The summed E-state index contributed by atoms with van der Waals surface area (Å²) < 4.78 is 0. The van der Waals surface area contributed by atoms with Crippen LogP contribution >= 0.6 is 11.6 Å². The lowest BCUT2D eigenvalue weighted by Crippen LogP contribution is -2.47. The molecular weight excluding hydrogens is 324 g/mol. The van der Waals surface area contributed by atoms with Crippen molar-refractivity contribution in [1.29, 1.82) is 5.26 Å². The summed E-state index contributed by atoms with van der Waals surface area (Å²) in [5.41, 5.74) is 1.39. The van der Waals surface area contributed by atoms with E-state index in [0.717, 1.165) is 37.6 Å². The van der Waals surface area contributed by atoms with Crippen LogP contribution in [0.5, 0.6) is 0 Å². The molecule has 0 amide bonds. The van der Waals surface area contributed by atoms with E-state index in [9.17, 15) is 5.11 Å². The summed E-state index contributed by atoms with van der Waals surface area (Å²) in [4.78, 5) is 8.73. The van der Waals surface area contributed by atoms with Crippen molar-refractivity contribution in [2.24, 2.45) is 0 Å². The fourth-order valence-electron chi connectivity index (χ4n) is 2.91. The van der Waals surface area contributed by atoms with Crippen molar-refractivity contribution in [3.8, 4) is 6.07 Å². The molecule has 5 nitrogen and oxygen atoms in total. The summed E-state index contributed by atoms with van der Waals surface area (Å²) in [6, 6.07) is 13.1. The Morgan fingerprint density at radius 2 is 1.96 bits per heavy atom. The maximum Gasteiger partial charge on any atom is 0.129 e. The Morgan fingerprint density at radius 1 is 1.21 bits per heavy atom. The van der Waals surface area contributed by atoms with Gasteiger partial charge in [-0.3, -0.25) is 4.90 Å². The number of β-amino-alcohol motifs (C(OH)–C–C–N with tert-alkyl or cyclic N) is 1. The largest absolute Gasteiger partial charge is 0.387 e. The van der Waals surface area contributed by atoms with Crippen LogP contribution in [0.25, 0.3) is 0 Å². The maximum atomic E-state index is 10.4. The molecule has 1 aromatic heterocycles. The predicted molar refractivity (Wildman–Crippen MR) is 94.0 cm³/mol. The minimum absolute atomic E-state index is 0.559. The van der Waals surface area contributed by atoms with E-state index in [2.05, 4.69) is 20.9 Å². The molecule has 1 aliphatic rings. The summed E-state index contributed by atoms with van der Waals surface area (Å²) in [6.07, 6.45) is 1.08. The highest BCUT2D eigenvalue weighted by Gasteiger charge is 2.21. The molecule has 124 valence electrons. The Morgan fingerprint density at radius 3 is 2.67 bits per heavy atom. The Kier molecular flexibility index (Phi) is 5.31. The molecule has 1 N–H and O–H groups in total. The van der Waals surface area contributed by atoms with Crippen molar-refractivity contribution in [2.75, 3.05) is 37.6 Å². The topological polar surface area (TPSA) is 63.4 Å². The normalized spacial score (nSPS) is 16.6. The van der Waals surface area contributed by atoms with Gasteiger partial charge in [-0.05, 0) is 18.2 Å². The number of benzene rings is 1. The highest BCUT2D eigenvalue weighted by Crippen LogP contribution is 2.24. The second kappa shape index (κ2) is 7.63. The van der Waals surface area contributed by atoms with E-state index in [-0.39, 0.29) is 0 Å². The van der Waals surface area contributed by atoms with E-state index >= 15 is 0 Å². The average molecular weight is 343 g/mol. The van der Waals surface area contributed by atoms with E-state index < -0.39 is 6.10 Å². The third-order valence-electron chi connectivity index (χ3n) is 4.27. The molecule has 1 saturated heterocycles. The van der Waals surface area contributed by atoms with Crippen molar-refractivity contribution < 1.29 is 5.11 Å². The van der Waals surface area contributed by atoms with Crippen molar-refractivity contribution in [3.05, 3.63) is 58.7 Å². The van der Waals surface area contributed by atoms with Gasteiger partial charge in [0.15, 0.2) is 0 Å². The van der Waals surface area contributed by atoms with E-state index in [0.29, 0.717) is 17.1 Å². The number of aliphatic hydroxyl groups is 1. The Balaban J connectivity index is 1.57. The van der Waals surface area contributed by atoms with Gasteiger partial charge in [0.2, 0.25) is 0 Å². The van der Waals surface area contributed by atoms with Crippen molar-refractivity contribution in [2.45, 2.75) is 6.10 Å². The van der Waals surface area contributed by atoms with E-state index in [1.807, 2.05) is 24.3 Å². The molecule has 0 saturated carbocycles. The average Bonchev–Trinajstić information content (AvgIpc) is 2.62. The lowest BCUT2D eigenvalue weighted by atomic mass is 10.1. The molecule has 6 heteroatoms. The zero-order chi connectivity index (χ0) is 16.9. The monoisotopic (exact) mass is 342 g/mol. The zero-order valence-corrected chi connectivity index (χ0v) is 14.0. The number of piperazine rings is 1. The van der Waals surface area contributed by atoms with Gasteiger partial charge in [-0.15, -0.1) is 0 Å². The number of hydrogen-bond acceptors (Lipinski definition) is 5. The Bertz CT molecular complexity index is 738. The van der Waals surface area contributed by atoms with Crippen molar-refractivity contribution in [3.63, 3.8) is 0 Å². The molecule has 3 rings (SSSR count). The number of aliphatic hydroxyl groups excluding tert-OH is 1. The lowest BCUT2D eigenvalue weighted by Gasteiger charge is -2.36. The fourth-order valence-corrected chi connectivity index (χ4v) is 3.17. The van der Waals surface area contributed by atoms with Gasteiger partial charge < -0.3 is 10.0 Å². The predicted octanol–water partition coefficient (Wildman–Crippen LogP) is 2.46. The Hall–Kier alpha value is -2.13. The second-order valence-electron chi connectivity index (χ2n) is 5.84. The third-order valence-corrected chi connectivity index (χ3v) is 4.61. The number of anilines is 1. The molecule has 24 heavy (non-hydrogen) atoms. The van der Waals surface area contributed by atoms with Crippen LogP contribution < -0.4 is 4.90 Å². The lowest BCUT2D eigenvalue weighted by molar-refractivity contribution is 0.109. The molecule has 1 atom stereocenters. The molecular formula is C18H19ClN4O. The first-order valence-electron chi connectivity index (χ1n) is 7.93. The van der Waals surface area contributed by atoms with E-state index in [1.54, 1.807) is 18.3 Å². The van der Waals surface area contributed by atoms with E-state index in [1.165, 1.54) is 0 Å². The van der Waals surface area contributed by atoms with Crippen LogP contribution in [-0.4, -0.2) is 47.7 Å². The molecule has 1 aromatic carbocycles. The second-order valence-corrected chi connectivity index (χ2v) is 6.25. The number of aromatic nitrogens is 1. The molecule has 0 bridgehead atoms. The van der Waals surface area contributed by atoms with Crippen LogP contribution in [0.2, 0.25) is 5.02 Å². The first-order chi connectivity index (χ1) is 11.7. The van der Waals surface area contributed by atoms with Gasteiger partial charge in [0, 0.05) is 49.5 Å². The molecule has 0 aliphatic carbocycles. The van der Waals surface area contributed by atoms with Gasteiger partial charge in [-0.25, -0.2) is 4.98 Å². The summed E-state index contributed by atoms with van der Waals surface area (Å²) in [6.45, 7) is 3.86. The first-order valence-corrected chi connectivity index (χ1v) is 8.31. The number of pyridine rings is 1. The first kappa shape index (κ1) is 16.7. The highest BCUT2D eigenvalue weighted by molar-refractivity contribution is 6.31. The molecule has 0 radical (unpaired) electrons. The van der Waals surface area contributed by atoms with Crippen molar-refractivity contribution in [1.82, 2.24) is 9.88 Å². The molecule has 0 unspecified atom stereocenters. The zero-order valence-electron chi connectivity index (χ0n) is 13.3. The molecule has 2 heterocycles. The number of nitrogens with zero attached hydrogens (tertiary/aromatic N) is 4. The van der Waals surface area contributed by atoms with Crippen LogP contribution in [0.15, 0.2) is 42.6 Å². The number of nitriles is 1. The fraction of sp³-hybridized carbons (Fsp3) is 0.333. The van der Waals surface area contributed by atoms with Gasteiger partial charge in [0.1, 0.15) is 5.82 Å². The smallest absolute Gasteiger partial charge is 0.129 e. The van der Waals surface area contributed by atoms with Crippen LogP contribution in [0.1, 0.15) is 17.2 Å². The van der Waals surface area contributed by atoms with Crippen LogP contribution in [0, 0.1) is 11.3 Å². The standard InChI is InChI=1S/C18H19ClN4O/c19-16-4-2-1-3-15(16)17(24)13-22-7-9-23(10-8-22)18-11-14(12-20)5-6-21-18/h1-6,11,17,24H,7-10,13H2/t17-/m1/s1. The number of rotatable bonds is 4. The van der Waals surface area contributed by atoms with Gasteiger partial charge >= 0.3 is 0 Å². The van der Waals surface area contributed by atoms with Gasteiger partial charge in [-0.1, -0.05) is 29.8 Å². The van der Waals surface area contributed by atoms with Crippen LogP contribution in [0.3, 0.4) is 0 Å². The van der Waals surface area contributed by atoms with Crippen LogP contribution in [0.4, 0.5) is 5.82 Å². The highest BCUT2D eigenvalue weighted by atomic mass is 35.5. The summed E-state index contributed by atoms with van der Waals surface area (Å²) >= 11 is 6.15. The number of halogens is 1. The van der Waals surface area contributed by atoms with E-state index in [4.69, 9.17) is 16.9 Å². The van der Waals surface area contributed by atoms with Gasteiger partial charge in [0.05, 0.1) is 17.7 Å². The van der Waals surface area contributed by atoms with Gasteiger partial charge in [0.25, 0.3) is 0 Å². The summed E-state index contributed by atoms with van der Waals surface area (Å²) in [7, 11) is 0. The van der Waals surface area contributed by atoms with Gasteiger partial charge in [-0.2, -0.15) is 5.26 Å². The minimum atomic E-state index is -0.592. The molecule has 1 aliphatic heterocycles. The molecule has 2 aromatic rings. The quantitative estimate of drug-likeness (QED) is 0.924. The maximum absolute atomic E-state index is 10.4. The van der Waals surface area contributed by atoms with Crippen LogP contribution in [-0.2, 0) is 0 Å². The Labute approximate surface area is 146 Å². The number of hydrogen-bond donors (Lipinski definition) is 1. The third kappa shape index (κ3) is 3.85. The SMILES string of the molecule is N#Cc1ccnc(N2CCN(C[C@@H](O)c3ccccc3Cl)CC2)c1. The summed E-state index contributed by atoms with van der Waals surface area (Å²) in [5.74, 6) is 0.834. The molecule has 0 spiro atoms.